The van der Waals surface area contributed by atoms with Crippen LogP contribution in [0, 0.1) is 13.8 Å². The van der Waals surface area contributed by atoms with Gasteiger partial charge in [0, 0.05) is 34.7 Å². The molecular formula is C25H26N4OS. The van der Waals surface area contributed by atoms with E-state index in [0.717, 1.165) is 27.7 Å². The molecule has 6 heteroatoms. The van der Waals surface area contributed by atoms with Crippen molar-refractivity contribution in [2.45, 2.75) is 39.8 Å². The molecule has 158 valence electrons. The number of nitrogens with one attached hydrogen (secondary N) is 1. The molecule has 0 aliphatic carbocycles. The van der Waals surface area contributed by atoms with Crippen LogP contribution in [-0.2, 0) is 0 Å². The second kappa shape index (κ2) is 8.86. The highest BCUT2D eigenvalue weighted by molar-refractivity contribution is 7.10. The lowest BCUT2D eigenvalue weighted by molar-refractivity contribution is 0.0939. The standard InChI is InChI=1S/C25H26N4OS/c1-16-14-22(19(4)29(16)18(3)20-8-6-5-7-9-20)24(30)27-17(2)25-28-23(15-31-25)21-10-12-26-13-11-21/h5-15,17-18H,1-4H3,(H,27,30). The number of carbonyl (C=O) groups excluding carboxylic acids is 1. The Morgan fingerprint density at radius 2 is 1.77 bits per heavy atom. The number of amides is 1. The molecule has 4 aromatic rings. The summed E-state index contributed by atoms with van der Waals surface area (Å²) in [6.45, 7) is 8.19. The second-order valence-corrected chi connectivity index (χ2v) is 8.63. The van der Waals surface area contributed by atoms with E-state index in [4.69, 9.17) is 4.98 Å². The maximum absolute atomic E-state index is 13.1. The molecule has 2 atom stereocenters. The number of carbonyl (C=O) groups is 1. The zero-order valence-corrected chi connectivity index (χ0v) is 19.0. The average molecular weight is 431 g/mol. The van der Waals surface area contributed by atoms with Crippen LogP contribution in [-0.4, -0.2) is 20.4 Å². The molecule has 0 aliphatic heterocycles. The van der Waals surface area contributed by atoms with Gasteiger partial charge in [0.25, 0.3) is 5.91 Å². The Balaban J connectivity index is 1.52. The van der Waals surface area contributed by atoms with E-state index in [1.165, 1.54) is 5.56 Å². The van der Waals surface area contributed by atoms with E-state index < -0.39 is 0 Å². The van der Waals surface area contributed by atoms with Crippen LogP contribution in [0.15, 0.2) is 66.3 Å². The number of benzene rings is 1. The van der Waals surface area contributed by atoms with Crippen molar-refractivity contribution >= 4 is 17.2 Å². The predicted octanol–water partition coefficient (Wildman–Crippen LogP) is 5.72. The summed E-state index contributed by atoms with van der Waals surface area (Å²) in [7, 11) is 0. The van der Waals surface area contributed by atoms with Crippen LogP contribution in [0.5, 0.6) is 0 Å². The van der Waals surface area contributed by atoms with Crippen LogP contribution in [0.1, 0.15) is 58.2 Å². The van der Waals surface area contributed by atoms with Crippen LogP contribution in [0.2, 0.25) is 0 Å². The summed E-state index contributed by atoms with van der Waals surface area (Å²) in [6, 6.07) is 16.2. The minimum Gasteiger partial charge on any atom is -0.343 e. The lowest BCUT2D eigenvalue weighted by Gasteiger charge is -2.19. The van der Waals surface area contributed by atoms with E-state index in [2.05, 4.69) is 40.8 Å². The summed E-state index contributed by atoms with van der Waals surface area (Å²) in [5, 5.41) is 6.02. The Morgan fingerprint density at radius 1 is 1.06 bits per heavy atom. The number of hydrogen-bond acceptors (Lipinski definition) is 4. The van der Waals surface area contributed by atoms with E-state index >= 15 is 0 Å². The van der Waals surface area contributed by atoms with Gasteiger partial charge >= 0.3 is 0 Å². The molecule has 2 unspecified atom stereocenters. The quantitative estimate of drug-likeness (QED) is 0.425. The molecule has 0 aliphatic rings. The maximum Gasteiger partial charge on any atom is 0.253 e. The van der Waals surface area contributed by atoms with Gasteiger partial charge in [-0.05, 0) is 51.5 Å². The lowest BCUT2D eigenvalue weighted by atomic mass is 10.1. The third-order valence-electron chi connectivity index (χ3n) is 5.61. The first kappa shape index (κ1) is 21.0. The number of aryl methyl sites for hydroxylation is 1. The first-order valence-electron chi connectivity index (χ1n) is 10.4. The second-order valence-electron chi connectivity index (χ2n) is 7.74. The molecule has 4 rings (SSSR count). The molecule has 1 aromatic carbocycles. The fraction of sp³-hybridized carbons (Fsp3) is 0.240. The van der Waals surface area contributed by atoms with Crippen molar-refractivity contribution in [3.63, 3.8) is 0 Å². The molecule has 0 bridgehead atoms. The molecule has 5 nitrogen and oxygen atoms in total. The largest absolute Gasteiger partial charge is 0.343 e. The maximum atomic E-state index is 13.1. The van der Waals surface area contributed by atoms with E-state index in [0.29, 0.717) is 5.56 Å². The minimum absolute atomic E-state index is 0.0761. The zero-order chi connectivity index (χ0) is 22.0. The molecule has 0 spiro atoms. The molecule has 0 saturated heterocycles. The molecular weight excluding hydrogens is 404 g/mol. The number of pyridine rings is 1. The van der Waals surface area contributed by atoms with Crippen molar-refractivity contribution in [1.29, 1.82) is 0 Å². The highest BCUT2D eigenvalue weighted by Crippen LogP contribution is 2.27. The molecule has 0 saturated carbocycles. The zero-order valence-electron chi connectivity index (χ0n) is 18.2. The van der Waals surface area contributed by atoms with E-state index in [-0.39, 0.29) is 18.0 Å². The Labute approximate surface area is 186 Å². The number of aromatic nitrogens is 3. The lowest BCUT2D eigenvalue weighted by Crippen LogP contribution is -2.27. The predicted molar refractivity (Wildman–Crippen MR) is 125 cm³/mol. The average Bonchev–Trinajstić information content (AvgIpc) is 3.39. The van der Waals surface area contributed by atoms with Crippen LogP contribution in [0.4, 0.5) is 0 Å². The van der Waals surface area contributed by atoms with Crippen molar-refractivity contribution in [1.82, 2.24) is 19.9 Å². The van der Waals surface area contributed by atoms with E-state index in [9.17, 15) is 4.79 Å². The highest BCUT2D eigenvalue weighted by atomic mass is 32.1. The van der Waals surface area contributed by atoms with Gasteiger partial charge in [-0.2, -0.15) is 0 Å². The SMILES string of the molecule is Cc1cc(C(=O)NC(C)c2nc(-c3ccncc3)cs2)c(C)n1C(C)c1ccccc1. The first-order chi connectivity index (χ1) is 15.0. The van der Waals surface area contributed by atoms with Crippen LogP contribution in [0.3, 0.4) is 0 Å². The van der Waals surface area contributed by atoms with E-state index in [1.54, 1.807) is 23.7 Å². The number of hydrogen-bond donors (Lipinski definition) is 1. The Bertz CT molecular complexity index is 1180. The Morgan fingerprint density at radius 3 is 2.48 bits per heavy atom. The smallest absolute Gasteiger partial charge is 0.253 e. The van der Waals surface area contributed by atoms with Crippen molar-refractivity contribution in [3.8, 4) is 11.3 Å². The van der Waals surface area contributed by atoms with Gasteiger partial charge in [0.15, 0.2) is 0 Å². The number of nitrogens with zero attached hydrogens (tertiary/aromatic N) is 3. The van der Waals surface area contributed by atoms with Gasteiger partial charge in [-0.25, -0.2) is 4.98 Å². The monoisotopic (exact) mass is 430 g/mol. The van der Waals surface area contributed by atoms with Crippen molar-refractivity contribution in [3.05, 3.63) is 93.8 Å². The van der Waals surface area contributed by atoms with Crippen molar-refractivity contribution < 1.29 is 4.79 Å². The van der Waals surface area contributed by atoms with Crippen LogP contribution < -0.4 is 5.32 Å². The summed E-state index contributed by atoms with van der Waals surface area (Å²) in [4.78, 5) is 21.9. The summed E-state index contributed by atoms with van der Waals surface area (Å²) in [6.07, 6.45) is 3.51. The van der Waals surface area contributed by atoms with Crippen molar-refractivity contribution in [2.75, 3.05) is 0 Å². The summed E-state index contributed by atoms with van der Waals surface area (Å²) < 4.78 is 2.22. The topological polar surface area (TPSA) is 59.8 Å². The Kier molecular flexibility index (Phi) is 6.00. The molecule has 3 heterocycles. The van der Waals surface area contributed by atoms with Crippen LogP contribution >= 0.6 is 11.3 Å². The third kappa shape index (κ3) is 4.30. The minimum atomic E-state index is -0.178. The van der Waals surface area contributed by atoms with Gasteiger partial charge in [0.1, 0.15) is 5.01 Å². The van der Waals surface area contributed by atoms with Gasteiger partial charge in [-0.3, -0.25) is 9.78 Å². The fourth-order valence-electron chi connectivity index (χ4n) is 3.96. The molecule has 1 amide bonds. The van der Waals surface area contributed by atoms with Crippen molar-refractivity contribution in [2.24, 2.45) is 0 Å². The normalized spacial score (nSPS) is 13.0. The molecule has 31 heavy (non-hydrogen) atoms. The molecule has 3 aromatic heterocycles. The van der Waals surface area contributed by atoms with E-state index in [1.807, 2.05) is 55.6 Å². The fourth-order valence-corrected chi connectivity index (χ4v) is 4.80. The molecule has 0 fully saturated rings. The third-order valence-corrected chi connectivity index (χ3v) is 6.64. The van der Waals surface area contributed by atoms with Gasteiger partial charge in [0.2, 0.25) is 0 Å². The summed E-state index contributed by atoms with van der Waals surface area (Å²) in [5.41, 5.74) is 5.89. The molecule has 0 radical (unpaired) electrons. The summed E-state index contributed by atoms with van der Waals surface area (Å²) >= 11 is 1.55. The first-order valence-corrected chi connectivity index (χ1v) is 11.2. The van der Waals surface area contributed by atoms with Crippen LogP contribution in [0.25, 0.3) is 11.3 Å². The van der Waals surface area contributed by atoms with Gasteiger partial charge in [-0.15, -0.1) is 11.3 Å². The number of thiazole rings is 1. The van der Waals surface area contributed by atoms with Gasteiger partial charge < -0.3 is 9.88 Å². The summed E-state index contributed by atoms with van der Waals surface area (Å²) in [5.74, 6) is -0.0761. The molecule has 1 N–H and O–H groups in total. The number of rotatable bonds is 6. The Hall–Kier alpha value is -3.25. The van der Waals surface area contributed by atoms with Gasteiger partial charge in [0.05, 0.1) is 23.3 Å². The highest BCUT2D eigenvalue weighted by Gasteiger charge is 2.22. The van der Waals surface area contributed by atoms with Gasteiger partial charge in [-0.1, -0.05) is 30.3 Å².